The number of ether oxygens (including phenoxy) is 2. The normalized spacial score (nSPS) is 24.0. The summed E-state index contributed by atoms with van der Waals surface area (Å²) < 4.78 is 16.6. The molecule has 25 heavy (non-hydrogen) atoms. The number of nitrogens with zero attached hydrogens (tertiary/aromatic N) is 2. The van der Waals surface area contributed by atoms with Gasteiger partial charge in [-0.25, -0.2) is 0 Å². The van der Waals surface area contributed by atoms with Crippen molar-refractivity contribution < 1.29 is 23.5 Å². The zero-order valence-corrected chi connectivity index (χ0v) is 14.3. The maximum atomic E-state index is 12.8. The maximum Gasteiger partial charge on any atom is 0.289 e. The third kappa shape index (κ3) is 3.30. The zero-order valence-electron chi connectivity index (χ0n) is 14.3. The van der Waals surface area contributed by atoms with Crippen molar-refractivity contribution in [3.8, 4) is 0 Å². The summed E-state index contributed by atoms with van der Waals surface area (Å²) in [7, 11) is 0. The SMILES string of the molecule is O=C(c1ccco1)N1CCC(C(=O)N2CCC3(CC2)OCCO3)CC1. The van der Waals surface area contributed by atoms with Gasteiger partial charge < -0.3 is 23.7 Å². The number of furan rings is 1. The van der Waals surface area contributed by atoms with Gasteiger partial charge in [-0.3, -0.25) is 9.59 Å². The van der Waals surface area contributed by atoms with Gasteiger partial charge in [0.15, 0.2) is 11.5 Å². The van der Waals surface area contributed by atoms with Crippen molar-refractivity contribution in [2.45, 2.75) is 31.5 Å². The predicted octanol–water partition coefficient (Wildman–Crippen LogP) is 1.50. The van der Waals surface area contributed by atoms with E-state index in [-0.39, 0.29) is 17.7 Å². The lowest BCUT2D eigenvalue weighted by molar-refractivity contribution is -0.188. The van der Waals surface area contributed by atoms with Crippen molar-refractivity contribution in [3.05, 3.63) is 24.2 Å². The molecule has 0 radical (unpaired) electrons. The molecule has 0 N–H and O–H groups in total. The van der Waals surface area contributed by atoms with E-state index >= 15 is 0 Å². The first-order valence-electron chi connectivity index (χ1n) is 9.06. The highest BCUT2D eigenvalue weighted by atomic mass is 16.7. The number of hydrogen-bond donors (Lipinski definition) is 0. The van der Waals surface area contributed by atoms with Crippen molar-refractivity contribution in [3.63, 3.8) is 0 Å². The molecule has 0 aromatic carbocycles. The fourth-order valence-corrected chi connectivity index (χ4v) is 4.00. The molecule has 4 rings (SSSR count). The summed E-state index contributed by atoms with van der Waals surface area (Å²) in [5.74, 6) is 0.0300. The van der Waals surface area contributed by atoms with Gasteiger partial charge in [-0.1, -0.05) is 0 Å². The van der Waals surface area contributed by atoms with E-state index in [4.69, 9.17) is 13.9 Å². The molecule has 4 heterocycles. The van der Waals surface area contributed by atoms with Crippen LogP contribution in [0.1, 0.15) is 36.2 Å². The third-order valence-electron chi connectivity index (χ3n) is 5.51. The maximum absolute atomic E-state index is 12.8. The number of likely N-dealkylation sites (tertiary alicyclic amines) is 2. The van der Waals surface area contributed by atoms with Crippen LogP contribution in [-0.4, -0.2) is 66.8 Å². The smallest absolute Gasteiger partial charge is 0.289 e. The van der Waals surface area contributed by atoms with Crippen LogP contribution in [0.4, 0.5) is 0 Å². The number of carbonyl (C=O) groups excluding carboxylic acids is 2. The number of rotatable bonds is 2. The van der Waals surface area contributed by atoms with Gasteiger partial charge in [-0.2, -0.15) is 0 Å². The molecule has 1 aromatic rings. The Morgan fingerprint density at radius 2 is 1.68 bits per heavy atom. The van der Waals surface area contributed by atoms with E-state index in [0.29, 0.717) is 58.0 Å². The molecule has 2 amide bonds. The standard InChI is InChI=1S/C18H24N2O5/c21-16(20-9-5-18(6-10-20)24-12-13-25-18)14-3-7-19(8-4-14)17(22)15-2-1-11-23-15/h1-2,11,14H,3-10,12-13H2. The van der Waals surface area contributed by atoms with Crippen molar-refractivity contribution in [1.82, 2.24) is 9.80 Å². The molecule has 0 unspecified atom stereocenters. The van der Waals surface area contributed by atoms with Gasteiger partial charge in [0, 0.05) is 44.9 Å². The van der Waals surface area contributed by atoms with Gasteiger partial charge in [0.05, 0.1) is 19.5 Å². The summed E-state index contributed by atoms with van der Waals surface area (Å²) in [6.45, 7) is 3.86. The van der Waals surface area contributed by atoms with Gasteiger partial charge in [0.2, 0.25) is 5.91 Å². The van der Waals surface area contributed by atoms with Crippen LogP contribution in [0.25, 0.3) is 0 Å². The fraction of sp³-hybridized carbons (Fsp3) is 0.667. The highest BCUT2D eigenvalue weighted by Crippen LogP contribution is 2.32. The molecule has 1 aromatic heterocycles. The summed E-state index contributed by atoms with van der Waals surface area (Å²) in [5, 5.41) is 0. The number of piperidine rings is 2. The topological polar surface area (TPSA) is 72.2 Å². The monoisotopic (exact) mass is 348 g/mol. The van der Waals surface area contributed by atoms with Crippen LogP contribution in [0.2, 0.25) is 0 Å². The molecular formula is C18H24N2O5. The molecule has 0 bridgehead atoms. The Hall–Kier alpha value is -1.86. The minimum absolute atomic E-state index is 0.000107. The van der Waals surface area contributed by atoms with Gasteiger partial charge in [0.1, 0.15) is 0 Å². The first-order valence-corrected chi connectivity index (χ1v) is 9.06. The summed E-state index contributed by atoms with van der Waals surface area (Å²) in [6.07, 6.45) is 4.41. The Morgan fingerprint density at radius 1 is 1.00 bits per heavy atom. The first kappa shape index (κ1) is 16.6. The predicted molar refractivity (Wildman–Crippen MR) is 87.8 cm³/mol. The Balaban J connectivity index is 1.28. The van der Waals surface area contributed by atoms with Crippen LogP contribution < -0.4 is 0 Å². The molecule has 3 aliphatic rings. The minimum atomic E-state index is -0.449. The van der Waals surface area contributed by atoms with Gasteiger partial charge >= 0.3 is 0 Å². The van der Waals surface area contributed by atoms with Crippen molar-refractivity contribution >= 4 is 11.8 Å². The minimum Gasteiger partial charge on any atom is -0.459 e. The average Bonchev–Trinajstić information content (AvgIpc) is 3.34. The molecular weight excluding hydrogens is 324 g/mol. The lowest BCUT2D eigenvalue weighted by Crippen LogP contribution is -2.50. The highest BCUT2D eigenvalue weighted by molar-refractivity contribution is 5.91. The van der Waals surface area contributed by atoms with E-state index in [2.05, 4.69) is 0 Å². The molecule has 0 saturated carbocycles. The second kappa shape index (κ2) is 6.80. The number of hydrogen-bond acceptors (Lipinski definition) is 5. The summed E-state index contributed by atoms with van der Waals surface area (Å²) in [4.78, 5) is 28.8. The van der Waals surface area contributed by atoms with Crippen LogP contribution in [0.5, 0.6) is 0 Å². The van der Waals surface area contributed by atoms with Crippen LogP contribution in [0, 0.1) is 5.92 Å². The van der Waals surface area contributed by atoms with Crippen molar-refractivity contribution in [2.24, 2.45) is 5.92 Å². The Bertz CT molecular complexity index is 605. The molecule has 0 aliphatic carbocycles. The molecule has 7 nitrogen and oxygen atoms in total. The van der Waals surface area contributed by atoms with Crippen LogP contribution >= 0.6 is 0 Å². The number of amides is 2. The molecule has 3 saturated heterocycles. The van der Waals surface area contributed by atoms with E-state index in [0.717, 1.165) is 12.8 Å². The second-order valence-corrected chi connectivity index (χ2v) is 6.98. The lowest BCUT2D eigenvalue weighted by Gasteiger charge is -2.40. The Labute approximate surface area is 146 Å². The summed E-state index contributed by atoms with van der Waals surface area (Å²) in [6, 6.07) is 3.39. The molecule has 1 spiro atoms. The number of carbonyl (C=O) groups is 2. The fourth-order valence-electron chi connectivity index (χ4n) is 4.00. The second-order valence-electron chi connectivity index (χ2n) is 6.98. The van der Waals surface area contributed by atoms with Crippen molar-refractivity contribution in [2.75, 3.05) is 39.4 Å². The summed E-state index contributed by atoms with van der Waals surface area (Å²) >= 11 is 0. The average molecular weight is 348 g/mol. The molecule has 7 heteroatoms. The van der Waals surface area contributed by atoms with Gasteiger partial charge in [-0.15, -0.1) is 0 Å². The Kier molecular flexibility index (Phi) is 4.52. The largest absolute Gasteiger partial charge is 0.459 e. The van der Waals surface area contributed by atoms with Crippen LogP contribution in [0.15, 0.2) is 22.8 Å². The van der Waals surface area contributed by atoms with Crippen LogP contribution in [0.3, 0.4) is 0 Å². The Morgan fingerprint density at radius 3 is 2.28 bits per heavy atom. The molecule has 0 atom stereocenters. The molecule has 3 aliphatic heterocycles. The van der Waals surface area contributed by atoms with Gasteiger partial charge in [0.25, 0.3) is 5.91 Å². The molecule has 3 fully saturated rings. The zero-order chi connectivity index (χ0) is 17.3. The first-order chi connectivity index (χ1) is 12.2. The van der Waals surface area contributed by atoms with E-state index in [1.54, 1.807) is 17.0 Å². The van der Waals surface area contributed by atoms with E-state index in [1.807, 2.05) is 4.90 Å². The van der Waals surface area contributed by atoms with Crippen LogP contribution in [-0.2, 0) is 14.3 Å². The van der Waals surface area contributed by atoms with Crippen molar-refractivity contribution in [1.29, 1.82) is 0 Å². The third-order valence-corrected chi connectivity index (χ3v) is 5.51. The quantitative estimate of drug-likeness (QED) is 0.810. The highest BCUT2D eigenvalue weighted by Gasteiger charge is 2.42. The molecule has 136 valence electrons. The van der Waals surface area contributed by atoms with E-state index in [1.165, 1.54) is 6.26 Å². The van der Waals surface area contributed by atoms with Gasteiger partial charge in [-0.05, 0) is 25.0 Å². The van der Waals surface area contributed by atoms with E-state index < -0.39 is 5.79 Å². The lowest BCUT2D eigenvalue weighted by atomic mass is 9.93. The summed E-state index contributed by atoms with van der Waals surface area (Å²) in [5.41, 5.74) is 0. The van der Waals surface area contributed by atoms with E-state index in [9.17, 15) is 9.59 Å².